The Bertz CT molecular complexity index is 326. The number of rotatable bonds is 2. The van der Waals surface area contributed by atoms with Gasteiger partial charge < -0.3 is 10.8 Å². The van der Waals surface area contributed by atoms with E-state index < -0.39 is 6.10 Å². The average Bonchev–Trinajstić information content (AvgIpc) is 2.15. The van der Waals surface area contributed by atoms with Crippen molar-refractivity contribution in [1.82, 2.24) is 0 Å². The fourth-order valence-corrected chi connectivity index (χ4v) is 1.49. The van der Waals surface area contributed by atoms with Crippen LogP contribution in [-0.4, -0.2) is 11.2 Å². The Morgan fingerprint density at radius 3 is 2.33 bits per heavy atom. The van der Waals surface area contributed by atoms with E-state index in [0.29, 0.717) is 0 Å². The molecule has 0 fully saturated rings. The van der Waals surface area contributed by atoms with E-state index in [2.05, 4.69) is 32.9 Å². The summed E-state index contributed by atoms with van der Waals surface area (Å²) < 4.78 is 0. The summed E-state index contributed by atoms with van der Waals surface area (Å²) >= 11 is 0. The summed E-state index contributed by atoms with van der Waals surface area (Å²) in [6, 6.07) is 7.84. The van der Waals surface area contributed by atoms with Gasteiger partial charge >= 0.3 is 0 Å². The van der Waals surface area contributed by atoms with Crippen molar-refractivity contribution in [1.29, 1.82) is 0 Å². The van der Waals surface area contributed by atoms with Crippen LogP contribution in [0.1, 0.15) is 44.9 Å². The van der Waals surface area contributed by atoms with Crippen molar-refractivity contribution in [2.24, 2.45) is 5.73 Å². The maximum absolute atomic E-state index is 9.44. The second-order valence-corrected chi connectivity index (χ2v) is 5.14. The van der Waals surface area contributed by atoms with Crippen LogP contribution < -0.4 is 5.73 Å². The van der Waals surface area contributed by atoms with Crippen LogP contribution in [0.2, 0.25) is 0 Å². The second-order valence-electron chi connectivity index (χ2n) is 5.14. The van der Waals surface area contributed by atoms with Crippen LogP contribution in [0, 0.1) is 0 Å². The molecule has 0 aromatic heterocycles. The SMILES string of the molecule is C[C@H](O)[C@@H](N)c1cccc(C(C)(C)C)c1. The van der Waals surface area contributed by atoms with Gasteiger partial charge in [0, 0.05) is 0 Å². The van der Waals surface area contributed by atoms with Crippen LogP contribution in [0.3, 0.4) is 0 Å². The summed E-state index contributed by atoms with van der Waals surface area (Å²) in [7, 11) is 0. The number of benzene rings is 1. The topological polar surface area (TPSA) is 46.2 Å². The summed E-state index contributed by atoms with van der Waals surface area (Å²) in [5, 5.41) is 9.44. The van der Waals surface area contributed by atoms with Gasteiger partial charge in [0.05, 0.1) is 12.1 Å². The van der Waals surface area contributed by atoms with Gasteiger partial charge in [-0.2, -0.15) is 0 Å². The van der Waals surface area contributed by atoms with Crippen molar-refractivity contribution < 1.29 is 5.11 Å². The lowest BCUT2D eigenvalue weighted by atomic mass is 9.85. The lowest BCUT2D eigenvalue weighted by Crippen LogP contribution is -2.23. The Morgan fingerprint density at radius 2 is 1.87 bits per heavy atom. The first kappa shape index (κ1) is 12.2. The molecule has 0 heterocycles. The molecule has 2 atom stereocenters. The van der Waals surface area contributed by atoms with E-state index in [1.54, 1.807) is 6.92 Å². The maximum atomic E-state index is 9.44. The molecule has 1 aromatic rings. The van der Waals surface area contributed by atoms with Gasteiger partial charge in [-0.05, 0) is 23.5 Å². The van der Waals surface area contributed by atoms with Crippen LogP contribution in [-0.2, 0) is 5.41 Å². The normalized spacial score (nSPS) is 16.1. The first-order valence-corrected chi connectivity index (χ1v) is 5.36. The predicted molar refractivity (Wildman–Crippen MR) is 63.8 cm³/mol. The molecule has 1 rings (SSSR count). The van der Waals surface area contributed by atoms with E-state index in [1.165, 1.54) is 5.56 Å². The van der Waals surface area contributed by atoms with Gasteiger partial charge in [-0.25, -0.2) is 0 Å². The number of aliphatic hydroxyl groups is 1. The largest absolute Gasteiger partial charge is 0.391 e. The fraction of sp³-hybridized carbons (Fsp3) is 0.538. The minimum atomic E-state index is -0.514. The van der Waals surface area contributed by atoms with E-state index in [4.69, 9.17) is 5.73 Å². The zero-order chi connectivity index (χ0) is 11.6. The molecule has 84 valence electrons. The molecule has 1 aromatic carbocycles. The fourth-order valence-electron chi connectivity index (χ4n) is 1.49. The monoisotopic (exact) mass is 207 g/mol. The molecule has 0 amide bonds. The smallest absolute Gasteiger partial charge is 0.0704 e. The third-order valence-electron chi connectivity index (χ3n) is 2.66. The third-order valence-corrected chi connectivity index (χ3v) is 2.66. The molecule has 3 N–H and O–H groups in total. The van der Waals surface area contributed by atoms with Crippen LogP contribution in [0.15, 0.2) is 24.3 Å². The van der Waals surface area contributed by atoms with Crippen molar-refractivity contribution in [3.63, 3.8) is 0 Å². The third kappa shape index (κ3) is 3.05. The Hall–Kier alpha value is -0.860. The maximum Gasteiger partial charge on any atom is 0.0704 e. The quantitative estimate of drug-likeness (QED) is 0.782. The molecule has 2 heteroatoms. The molecule has 0 spiro atoms. The first-order chi connectivity index (χ1) is 6.82. The van der Waals surface area contributed by atoms with Crippen LogP contribution >= 0.6 is 0 Å². The van der Waals surface area contributed by atoms with Gasteiger partial charge in [0.2, 0.25) is 0 Å². The van der Waals surface area contributed by atoms with Gasteiger partial charge in [0.1, 0.15) is 0 Å². The Balaban J connectivity index is 3.03. The van der Waals surface area contributed by atoms with Crippen molar-refractivity contribution >= 4 is 0 Å². The molecule has 0 saturated heterocycles. The summed E-state index contributed by atoms with van der Waals surface area (Å²) in [5.74, 6) is 0. The average molecular weight is 207 g/mol. The summed E-state index contributed by atoms with van der Waals surface area (Å²) in [5.41, 5.74) is 8.26. The Morgan fingerprint density at radius 1 is 1.27 bits per heavy atom. The summed E-state index contributed by atoms with van der Waals surface area (Å²) in [4.78, 5) is 0. The number of hydrogen-bond acceptors (Lipinski definition) is 2. The van der Waals surface area contributed by atoms with Gasteiger partial charge in [0.15, 0.2) is 0 Å². The zero-order valence-corrected chi connectivity index (χ0v) is 9.99. The van der Waals surface area contributed by atoms with E-state index in [-0.39, 0.29) is 11.5 Å². The summed E-state index contributed by atoms with van der Waals surface area (Å²) in [6.07, 6.45) is -0.514. The highest BCUT2D eigenvalue weighted by Crippen LogP contribution is 2.25. The van der Waals surface area contributed by atoms with Crippen LogP contribution in [0.5, 0.6) is 0 Å². The molecule has 0 saturated carbocycles. The predicted octanol–water partition coefficient (Wildman–Crippen LogP) is 2.36. The molecule has 0 unspecified atom stereocenters. The molecule has 0 radical (unpaired) electrons. The van der Waals surface area contributed by atoms with Gasteiger partial charge in [-0.3, -0.25) is 0 Å². The number of nitrogens with two attached hydrogens (primary N) is 1. The van der Waals surface area contributed by atoms with E-state index >= 15 is 0 Å². The van der Waals surface area contributed by atoms with E-state index in [0.717, 1.165) is 5.56 Å². The van der Waals surface area contributed by atoms with Gasteiger partial charge in [-0.1, -0.05) is 45.0 Å². The molecule has 15 heavy (non-hydrogen) atoms. The summed E-state index contributed by atoms with van der Waals surface area (Å²) in [6.45, 7) is 8.22. The Labute approximate surface area is 92.1 Å². The van der Waals surface area contributed by atoms with E-state index in [1.807, 2.05) is 12.1 Å². The highest BCUT2D eigenvalue weighted by Gasteiger charge is 2.17. The van der Waals surface area contributed by atoms with Crippen molar-refractivity contribution in [2.75, 3.05) is 0 Å². The second kappa shape index (κ2) is 4.33. The minimum Gasteiger partial charge on any atom is -0.391 e. The molecule has 0 bridgehead atoms. The molecular formula is C13H21NO. The number of hydrogen-bond donors (Lipinski definition) is 2. The molecule has 2 nitrogen and oxygen atoms in total. The van der Waals surface area contributed by atoms with Crippen LogP contribution in [0.4, 0.5) is 0 Å². The van der Waals surface area contributed by atoms with E-state index in [9.17, 15) is 5.11 Å². The van der Waals surface area contributed by atoms with Crippen molar-refractivity contribution in [3.8, 4) is 0 Å². The number of aliphatic hydroxyl groups excluding tert-OH is 1. The van der Waals surface area contributed by atoms with Gasteiger partial charge in [-0.15, -0.1) is 0 Å². The van der Waals surface area contributed by atoms with Gasteiger partial charge in [0.25, 0.3) is 0 Å². The highest BCUT2D eigenvalue weighted by molar-refractivity contribution is 5.30. The van der Waals surface area contributed by atoms with Crippen LogP contribution in [0.25, 0.3) is 0 Å². The standard InChI is InChI=1S/C13H21NO/c1-9(15)12(14)10-6-5-7-11(8-10)13(2,3)4/h5-9,12,15H,14H2,1-4H3/t9-,12+/m0/s1. The lowest BCUT2D eigenvalue weighted by Gasteiger charge is -2.22. The van der Waals surface area contributed by atoms with Crippen molar-refractivity contribution in [3.05, 3.63) is 35.4 Å². The molecule has 0 aliphatic carbocycles. The molecule has 0 aliphatic rings. The van der Waals surface area contributed by atoms with Crippen molar-refractivity contribution in [2.45, 2.75) is 45.3 Å². The Kier molecular flexibility index (Phi) is 3.53. The highest BCUT2D eigenvalue weighted by atomic mass is 16.3. The molecule has 0 aliphatic heterocycles. The lowest BCUT2D eigenvalue weighted by molar-refractivity contribution is 0.164. The first-order valence-electron chi connectivity index (χ1n) is 5.36. The zero-order valence-electron chi connectivity index (χ0n) is 9.99. The minimum absolute atomic E-state index is 0.119. The molecular weight excluding hydrogens is 186 g/mol.